The number of carbonyl (C=O) groups is 2. The number of halogens is 3. The van der Waals surface area contributed by atoms with Crippen LogP contribution in [0.4, 0.5) is 8.78 Å². The number of ether oxygens (including phenoxy) is 1. The van der Waals surface area contributed by atoms with E-state index < -0.39 is 29.7 Å². The van der Waals surface area contributed by atoms with Crippen molar-refractivity contribution in [2.45, 2.75) is 70.2 Å². The molecule has 2 unspecified atom stereocenters. The first kappa shape index (κ1) is 23.7. The van der Waals surface area contributed by atoms with Gasteiger partial charge in [0.25, 0.3) is 5.91 Å². The molecule has 0 aromatic heterocycles. The molecule has 8 heteroatoms. The lowest BCUT2D eigenvalue weighted by Crippen LogP contribution is -2.48. The highest BCUT2D eigenvalue weighted by molar-refractivity contribution is 9.10. The summed E-state index contributed by atoms with van der Waals surface area (Å²) >= 11 is 3.44. The molecule has 1 N–H and O–H groups in total. The Bertz CT molecular complexity index is 1020. The number of rotatable bonds is 5. The zero-order valence-electron chi connectivity index (χ0n) is 18.5. The van der Waals surface area contributed by atoms with E-state index in [2.05, 4.69) is 21.2 Å². The van der Waals surface area contributed by atoms with Crippen LogP contribution in [0.5, 0.6) is 5.75 Å². The van der Waals surface area contributed by atoms with Crippen LogP contribution in [-0.4, -0.2) is 28.9 Å². The van der Waals surface area contributed by atoms with Gasteiger partial charge in [0.15, 0.2) is 6.10 Å². The minimum Gasteiger partial charge on any atom is -0.480 e. The second kappa shape index (κ2) is 10.2. The smallest absolute Gasteiger partial charge is 0.264 e. The predicted molar refractivity (Wildman–Crippen MR) is 124 cm³/mol. The molecule has 2 atom stereocenters. The average Bonchev–Trinajstić information content (AvgIpc) is 2.91. The molecule has 2 amide bonds. The number of hydrogen-bond acceptors (Lipinski definition) is 3. The van der Waals surface area contributed by atoms with Crippen molar-refractivity contribution < 1.29 is 23.1 Å². The van der Waals surface area contributed by atoms with Crippen molar-refractivity contribution >= 4 is 27.7 Å². The Morgan fingerprint density at radius 3 is 2.52 bits per heavy atom. The summed E-state index contributed by atoms with van der Waals surface area (Å²) in [5, 5.41) is 3.08. The van der Waals surface area contributed by atoms with Gasteiger partial charge < -0.3 is 15.0 Å². The molecular weight excluding hydrogens is 494 g/mol. The summed E-state index contributed by atoms with van der Waals surface area (Å²) in [5.41, 5.74) is 0.230. The third-order valence-corrected chi connectivity index (χ3v) is 6.86. The van der Waals surface area contributed by atoms with E-state index in [1.54, 1.807) is 25.1 Å². The molecule has 176 valence electrons. The van der Waals surface area contributed by atoms with E-state index in [1.165, 1.54) is 11.0 Å². The number of fused-ring (bicyclic) bond motifs is 1. The van der Waals surface area contributed by atoms with Crippen LogP contribution < -0.4 is 10.1 Å². The van der Waals surface area contributed by atoms with Gasteiger partial charge in [-0.25, -0.2) is 8.78 Å². The molecule has 0 bridgehead atoms. The Labute approximate surface area is 200 Å². The lowest BCUT2D eigenvalue weighted by molar-refractivity contribution is -0.146. The summed E-state index contributed by atoms with van der Waals surface area (Å²) in [6.45, 7) is 1.41. The average molecular weight is 521 g/mol. The number of amides is 2. The van der Waals surface area contributed by atoms with Crippen LogP contribution >= 0.6 is 15.9 Å². The van der Waals surface area contributed by atoms with Crippen molar-refractivity contribution in [1.29, 1.82) is 0 Å². The summed E-state index contributed by atoms with van der Waals surface area (Å²) < 4.78 is 35.8. The van der Waals surface area contributed by atoms with Crippen molar-refractivity contribution in [3.8, 4) is 5.75 Å². The van der Waals surface area contributed by atoms with E-state index in [1.807, 2.05) is 0 Å². The van der Waals surface area contributed by atoms with Gasteiger partial charge in [-0.15, -0.1) is 0 Å². The third-order valence-electron chi connectivity index (χ3n) is 6.37. The zero-order chi connectivity index (χ0) is 23.5. The molecule has 1 aliphatic heterocycles. The highest BCUT2D eigenvalue weighted by atomic mass is 79.9. The Morgan fingerprint density at radius 1 is 1.15 bits per heavy atom. The fraction of sp³-hybridized carbons (Fsp3) is 0.440. The minimum atomic E-state index is -1.08. The fourth-order valence-electron chi connectivity index (χ4n) is 4.61. The maximum atomic E-state index is 14.6. The standard InChI is InChI=1S/C25H27BrF2N2O3/c1-2-21-25(32)30(14-18-19(27)9-6-10-20(18)28)23(17-13-15(26)11-12-22(17)33-21)24(31)29-16-7-4-3-5-8-16/h6,9-13,16,21,23H,2-5,7-8,14H2,1H3,(H,29,31). The number of carbonyl (C=O) groups excluding carboxylic acids is 2. The van der Waals surface area contributed by atoms with Crippen molar-refractivity contribution in [3.63, 3.8) is 0 Å². The quantitative estimate of drug-likeness (QED) is 0.572. The molecule has 1 aliphatic carbocycles. The molecule has 4 rings (SSSR count). The molecule has 2 aromatic rings. The highest BCUT2D eigenvalue weighted by Crippen LogP contribution is 2.38. The summed E-state index contributed by atoms with van der Waals surface area (Å²) in [5.74, 6) is -1.95. The van der Waals surface area contributed by atoms with E-state index in [9.17, 15) is 18.4 Å². The molecule has 0 spiro atoms. The molecule has 5 nitrogen and oxygen atoms in total. The molecule has 2 aliphatic rings. The van der Waals surface area contributed by atoms with Crippen molar-refractivity contribution in [2.75, 3.05) is 0 Å². The van der Waals surface area contributed by atoms with Gasteiger partial charge in [-0.2, -0.15) is 0 Å². The molecular formula is C25H27BrF2N2O3. The second-order valence-corrected chi connectivity index (χ2v) is 9.52. The van der Waals surface area contributed by atoms with Crippen molar-refractivity contribution in [1.82, 2.24) is 10.2 Å². The van der Waals surface area contributed by atoms with Gasteiger partial charge in [-0.05, 0) is 49.6 Å². The first-order valence-corrected chi connectivity index (χ1v) is 12.2. The van der Waals surface area contributed by atoms with E-state index in [0.717, 1.165) is 44.2 Å². The van der Waals surface area contributed by atoms with Crippen LogP contribution in [0.1, 0.15) is 62.6 Å². The van der Waals surface area contributed by atoms with Gasteiger partial charge in [-0.1, -0.05) is 48.2 Å². The zero-order valence-corrected chi connectivity index (χ0v) is 20.0. The first-order chi connectivity index (χ1) is 15.9. The molecule has 0 saturated heterocycles. The normalized spacial score (nSPS) is 21.2. The first-order valence-electron chi connectivity index (χ1n) is 11.4. The lowest BCUT2D eigenvalue weighted by atomic mass is 9.94. The summed E-state index contributed by atoms with van der Waals surface area (Å²) in [7, 11) is 0. The minimum absolute atomic E-state index is 0.00939. The molecule has 2 aromatic carbocycles. The van der Waals surface area contributed by atoms with Gasteiger partial charge in [0, 0.05) is 21.6 Å². The number of benzene rings is 2. The summed E-state index contributed by atoms with van der Waals surface area (Å²) in [6, 6.07) is 7.72. The molecule has 0 radical (unpaired) electrons. The van der Waals surface area contributed by atoms with Crippen LogP contribution in [0.15, 0.2) is 40.9 Å². The molecule has 1 saturated carbocycles. The summed E-state index contributed by atoms with van der Waals surface area (Å²) in [6.07, 6.45) is 4.41. The van der Waals surface area contributed by atoms with Crippen molar-refractivity contribution in [3.05, 3.63) is 63.6 Å². The Kier molecular flexibility index (Phi) is 7.32. The van der Waals surface area contributed by atoms with Crippen LogP contribution in [0.2, 0.25) is 0 Å². The Morgan fingerprint density at radius 2 is 1.85 bits per heavy atom. The van der Waals surface area contributed by atoms with E-state index in [4.69, 9.17) is 4.74 Å². The molecule has 1 heterocycles. The van der Waals surface area contributed by atoms with Crippen LogP contribution in [0.3, 0.4) is 0 Å². The van der Waals surface area contributed by atoms with Gasteiger partial charge >= 0.3 is 0 Å². The summed E-state index contributed by atoms with van der Waals surface area (Å²) in [4.78, 5) is 28.4. The largest absolute Gasteiger partial charge is 0.480 e. The number of nitrogens with zero attached hydrogens (tertiary/aromatic N) is 1. The van der Waals surface area contributed by atoms with Gasteiger partial charge in [-0.3, -0.25) is 9.59 Å². The van der Waals surface area contributed by atoms with Crippen LogP contribution in [0, 0.1) is 11.6 Å². The third kappa shape index (κ3) is 5.05. The maximum absolute atomic E-state index is 14.6. The van der Waals surface area contributed by atoms with Gasteiger partial charge in [0.1, 0.15) is 23.4 Å². The Hall–Kier alpha value is -2.48. The number of hydrogen-bond donors (Lipinski definition) is 1. The highest BCUT2D eigenvalue weighted by Gasteiger charge is 2.41. The molecule has 1 fully saturated rings. The van der Waals surface area contributed by atoms with E-state index in [-0.39, 0.29) is 24.1 Å². The van der Waals surface area contributed by atoms with E-state index >= 15 is 0 Å². The maximum Gasteiger partial charge on any atom is 0.264 e. The lowest BCUT2D eigenvalue weighted by Gasteiger charge is -2.32. The van der Waals surface area contributed by atoms with Crippen LogP contribution in [-0.2, 0) is 16.1 Å². The fourth-order valence-corrected chi connectivity index (χ4v) is 4.99. The monoisotopic (exact) mass is 520 g/mol. The van der Waals surface area contributed by atoms with Crippen LogP contribution in [0.25, 0.3) is 0 Å². The topological polar surface area (TPSA) is 58.6 Å². The Balaban J connectivity index is 1.79. The van der Waals surface area contributed by atoms with E-state index in [0.29, 0.717) is 22.2 Å². The predicted octanol–water partition coefficient (Wildman–Crippen LogP) is 5.42. The molecule has 33 heavy (non-hydrogen) atoms. The SMILES string of the molecule is CCC1Oc2ccc(Br)cc2C(C(=O)NC2CCCCC2)N(Cc2c(F)cccc2F)C1=O. The van der Waals surface area contributed by atoms with Gasteiger partial charge in [0.2, 0.25) is 5.91 Å². The number of nitrogens with one attached hydrogen (secondary N) is 1. The second-order valence-electron chi connectivity index (χ2n) is 8.61. The van der Waals surface area contributed by atoms with Crippen molar-refractivity contribution in [2.24, 2.45) is 0 Å². The van der Waals surface area contributed by atoms with Gasteiger partial charge in [0.05, 0.1) is 6.54 Å².